The fourth-order valence-electron chi connectivity index (χ4n) is 3.19. The monoisotopic (exact) mass is 454 g/mol. The number of nitrogens with zero attached hydrogens (tertiary/aromatic N) is 2. The highest BCUT2D eigenvalue weighted by atomic mass is 32.1. The lowest BCUT2D eigenvalue weighted by Gasteiger charge is -2.06. The highest BCUT2D eigenvalue weighted by Gasteiger charge is 2.15. The summed E-state index contributed by atoms with van der Waals surface area (Å²) in [5.74, 6) is -0.795. The minimum atomic E-state index is -0.461. The van der Waals surface area contributed by atoms with Crippen molar-refractivity contribution >= 4 is 39.4 Å². The maximum absolute atomic E-state index is 12.7. The van der Waals surface area contributed by atoms with Crippen molar-refractivity contribution in [3.8, 4) is 0 Å². The number of rotatable bonds is 7. The van der Waals surface area contributed by atoms with E-state index in [9.17, 15) is 14.4 Å². The SMILES string of the molecule is CCOC(=O)c1ccc2c(c1)sc(=NC(=O)Cc1ccc(C(C)C)cc1)n2CC(=O)OC. The molecule has 168 valence electrons. The van der Waals surface area contributed by atoms with Crippen molar-refractivity contribution in [2.24, 2.45) is 4.99 Å². The lowest BCUT2D eigenvalue weighted by molar-refractivity contribution is -0.141. The quantitative estimate of drug-likeness (QED) is 0.506. The van der Waals surface area contributed by atoms with Crippen molar-refractivity contribution in [2.45, 2.75) is 39.7 Å². The van der Waals surface area contributed by atoms with Crippen LogP contribution < -0.4 is 4.80 Å². The van der Waals surface area contributed by atoms with E-state index in [0.717, 1.165) is 5.56 Å². The molecule has 0 saturated carbocycles. The largest absolute Gasteiger partial charge is 0.468 e. The van der Waals surface area contributed by atoms with E-state index >= 15 is 0 Å². The molecule has 0 N–H and O–H groups in total. The Hall–Kier alpha value is -3.26. The highest BCUT2D eigenvalue weighted by Crippen LogP contribution is 2.20. The Morgan fingerprint density at radius 2 is 1.81 bits per heavy atom. The highest BCUT2D eigenvalue weighted by molar-refractivity contribution is 7.16. The fraction of sp³-hybridized carbons (Fsp3) is 0.333. The zero-order chi connectivity index (χ0) is 23.3. The molecule has 2 aromatic carbocycles. The summed E-state index contributed by atoms with van der Waals surface area (Å²) < 4.78 is 12.2. The van der Waals surface area contributed by atoms with E-state index in [0.29, 0.717) is 26.5 Å². The first kappa shape index (κ1) is 23.4. The summed E-state index contributed by atoms with van der Waals surface area (Å²) in [6.07, 6.45) is 0.152. The lowest BCUT2D eigenvalue weighted by atomic mass is 10.0. The maximum atomic E-state index is 12.7. The van der Waals surface area contributed by atoms with Crippen molar-refractivity contribution in [3.05, 3.63) is 64.0 Å². The van der Waals surface area contributed by atoms with Gasteiger partial charge < -0.3 is 14.0 Å². The van der Waals surface area contributed by atoms with Gasteiger partial charge in [-0.25, -0.2) is 4.79 Å². The van der Waals surface area contributed by atoms with Crippen LogP contribution in [0.15, 0.2) is 47.5 Å². The second-order valence-corrected chi connectivity index (χ2v) is 8.54. The van der Waals surface area contributed by atoms with E-state index in [1.807, 2.05) is 24.3 Å². The van der Waals surface area contributed by atoms with Gasteiger partial charge in [-0.15, -0.1) is 0 Å². The number of aromatic nitrogens is 1. The second-order valence-electron chi connectivity index (χ2n) is 7.53. The van der Waals surface area contributed by atoms with Crippen molar-refractivity contribution in [1.82, 2.24) is 4.57 Å². The van der Waals surface area contributed by atoms with Crippen molar-refractivity contribution < 1.29 is 23.9 Å². The summed E-state index contributed by atoms with van der Waals surface area (Å²) in [5, 5.41) is 0. The molecular weight excluding hydrogens is 428 g/mol. The Balaban J connectivity index is 1.97. The van der Waals surface area contributed by atoms with Crippen LogP contribution >= 0.6 is 11.3 Å². The Morgan fingerprint density at radius 1 is 1.09 bits per heavy atom. The van der Waals surface area contributed by atoms with Crippen molar-refractivity contribution in [1.29, 1.82) is 0 Å². The van der Waals surface area contributed by atoms with Gasteiger partial charge >= 0.3 is 11.9 Å². The lowest BCUT2D eigenvalue weighted by Crippen LogP contribution is -2.22. The molecule has 7 nitrogen and oxygen atoms in total. The van der Waals surface area contributed by atoms with Crippen LogP contribution in [0.5, 0.6) is 0 Å². The first-order valence-corrected chi connectivity index (χ1v) is 11.2. The van der Waals surface area contributed by atoms with Crippen LogP contribution in [0.1, 0.15) is 48.2 Å². The molecule has 3 rings (SSSR count). The first-order chi connectivity index (χ1) is 15.3. The van der Waals surface area contributed by atoms with E-state index in [-0.39, 0.29) is 25.5 Å². The summed E-state index contributed by atoms with van der Waals surface area (Å²) in [6.45, 7) is 6.15. The van der Waals surface area contributed by atoms with Crippen LogP contribution in [0.2, 0.25) is 0 Å². The fourth-order valence-corrected chi connectivity index (χ4v) is 4.27. The van der Waals surface area contributed by atoms with Gasteiger partial charge in [0.15, 0.2) is 4.80 Å². The zero-order valence-corrected chi connectivity index (χ0v) is 19.4. The van der Waals surface area contributed by atoms with Crippen LogP contribution in [0.3, 0.4) is 0 Å². The normalized spacial score (nSPS) is 11.7. The van der Waals surface area contributed by atoms with Gasteiger partial charge in [-0.3, -0.25) is 9.59 Å². The summed E-state index contributed by atoms with van der Waals surface area (Å²) in [7, 11) is 1.30. The number of carbonyl (C=O) groups excluding carboxylic acids is 3. The number of amides is 1. The molecule has 32 heavy (non-hydrogen) atoms. The summed E-state index contributed by atoms with van der Waals surface area (Å²) in [6, 6.07) is 12.9. The number of benzene rings is 2. The van der Waals surface area contributed by atoms with E-state index in [1.54, 1.807) is 29.7 Å². The number of carbonyl (C=O) groups is 3. The van der Waals surface area contributed by atoms with Crippen LogP contribution in [0, 0.1) is 0 Å². The third-order valence-electron chi connectivity index (χ3n) is 4.93. The van der Waals surface area contributed by atoms with Gasteiger partial charge in [-0.2, -0.15) is 4.99 Å². The van der Waals surface area contributed by atoms with Crippen LogP contribution in [-0.4, -0.2) is 36.1 Å². The third-order valence-corrected chi connectivity index (χ3v) is 5.97. The molecule has 0 aliphatic rings. The average Bonchev–Trinajstić information content (AvgIpc) is 3.09. The van der Waals surface area contributed by atoms with Crippen LogP contribution in [0.25, 0.3) is 10.2 Å². The minimum absolute atomic E-state index is 0.0928. The molecule has 0 fully saturated rings. The topological polar surface area (TPSA) is 87.0 Å². The number of fused-ring (bicyclic) bond motifs is 1. The minimum Gasteiger partial charge on any atom is -0.468 e. The second kappa shape index (κ2) is 10.4. The van der Waals surface area contributed by atoms with Gasteiger partial charge in [0.1, 0.15) is 6.54 Å². The molecule has 0 aliphatic carbocycles. The van der Waals surface area contributed by atoms with Gasteiger partial charge in [0.05, 0.1) is 35.9 Å². The Labute approximate surface area is 190 Å². The van der Waals surface area contributed by atoms with E-state index in [1.165, 1.54) is 24.0 Å². The smallest absolute Gasteiger partial charge is 0.338 e. The van der Waals surface area contributed by atoms with Gasteiger partial charge in [-0.05, 0) is 42.2 Å². The van der Waals surface area contributed by atoms with Gasteiger partial charge in [-0.1, -0.05) is 49.4 Å². The van der Waals surface area contributed by atoms with Gasteiger partial charge in [0, 0.05) is 0 Å². The van der Waals surface area contributed by atoms with E-state index in [2.05, 4.69) is 18.8 Å². The van der Waals surface area contributed by atoms with E-state index < -0.39 is 11.9 Å². The number of thiazole rings is 1. The maximum Gasteiger partial charge on any atom is 0.338 e. The molecular formula is C24H26N2O5S. The molecule has 0 saturated heterocycles. The molecule has 0 unspecified atom stereocenters. The summed E-state index contributed by atoms with van der Waals surface area (Å²) in [5.41, 5.74) is 3.15. The third kappa shape index (κ3) is 5.50. The molecule has 8 heteroatoms. The summed E-state index contributed by atoms with van der Waals surface area (Å²) in [4.78, 5) is 41.4. The molecule has 1 aromatic heterocycles. The Morgan fingerprint density at radius 3 is 2.44 bits per heavy atom. The molecule has 1 amide bonds. The zero-order valence-electron chi connectivity index (χ0n) is 18.6. The number of methoxy groups -OCH3 is 1. The van der Waals surface area contributed by atoms with Gasteiger partial charge in [0.2, 0.25) is 0 Å². The molecule has 0 bridgehead atoms. The molecule has 0 aliphatic heterocycles. The first-order valence-electron chi connectivity index (χ1n) is 10.4. The number of esters is 2. The predicted octanol–water partition coefficient (Wildman–Crippen LogP) is 3.85. The Kier molecular flexibility index (Phi) is 7.58. The molecule has 0 spiro atoms. The van der Waals surface area contributed by atoms with E-state index in [4.69, 9.17) is 9.47 Å². The number of ether oxygens (including phenoxy) is 2. The predicted molar refractivity (Wildman–Crippen MR) is 123 cm³/mol. The number of hydrogen-bond donors (Lipinski definition) is 0. The number of hydrogen-bond acceptors (Lipinski definition) is 6. The molecule has 3 aromatic rings. The molecule has 0 radical (unpaired) electrons. The van der Waals surface area contributed by atoms with Crippen molar-refractivity contribution in [2.75, 3.05) is 13.7 Å². The van der Waals surface area contributed by atoms with Crippen LogP contribution in [0.4, 0.5) is 0 Å². The molecule has 0 atom stereocenters. The van der Waals surface area contributed by atoms with Gasteiger partial charge in [0.25, 0.3) is 5.91 Å². The standard InChI is InChI=1S/C24H26N2O5S/c1-5-31-23(29)18-10-11-19-20(13-18)32-24(26(19)14-22(28)30-4)25-21(27)12-16-6-8-17(9-7-16)15(2)3/h6-11,13,15H,5,12,14H2,1-4H3. The Bertz CT molecular complexity index is 1210. The summed E-state index contributed by atoms with van der Waals surface area (Å²) >= 11 is 1.23. The van der Waals surface area contributed by atoms with Crippen molar-refractivity contribution in [3.63, 3.8) is 0 Å². The molecule has 1 heterocycles. The average molecular weight is 455 g/mol. The van der Waals surface area contributed by atoms with Crippen LogP contribution in [-0.2, 0) is 32.0 Å².